The minimum Gasteiger partial charge on any atom is -0.449 e. The number of hydrogen-bond donors (Lipinski definition) is 1. The van der Waals surface area contributed by atoms with E-state index in [0.29, 0.717) is 10.6 Å². The molecule has 0 saturated heterocycles. The van der Waals surface area contributed by atoms with Crippen molar-refractivity contribution in [1.29, 1.82) is 0 Å². The Bertz CT molecular complexity index is 1800. The highest BCUT2D eigenvalue weighted by atomic mass is 35.5. The molecule has 0 saturated carbocycles. The fraction of sp³-hybridized carbons (Fsp3) is 0.150. The molecule has 1 atom stereocenters. The number of ether oxygens (including phenoxy) is 2. The van der Waals surface area contributed by atoms with Crippen molar-refractivity contribution < 1.29 is 19.1 Å². The Kier molecular flexibility index (Phi) is 9.19. The van der Waals surface area contributed by atoms with Crippen LogP contribution in [0.3, 0.4) is 0 Å². The lowest BCUT2D eigenvalue weighted by Crippen LogP contribution is -2.40. The van der Waals surface area contributed by atoms with Gasteiger partial charge in [-0.05, 0) is 28.3 Å². The van der Waals surface area contributed by atoms with Gasteiger partial charge in [-0.2, -0.15) is 0 Å². The first kappa shape index (κ1) is 30.7. The molecule has 0 spiro atoms. The molecule has 0 aliphatic heterocycles. The second kappa shape index (κ2) is 13.8. The average molecular weight is 626 g/mol. The van der Waals surface area contributed by atoms with E-state index >= 15 is 0 Å². The number of esters is 1. The molecule has 6 heteroatoms. The van der Waals surface area contributed by atoms with Gasteiger partial charge in [-0.3, -0.25) is 4.79 Å². The zero-order chi connectivity index (χ0) is 31.9. The molecule has 5 aromatic rings. The number of rotatable bonds is 10. The molecule has 6 rings (SSSR count). The topological polar surface area (TPSA) is 64.6 Å². The minimum absolute atomic E-state index is 0.0952. The predicted molar refractivity (Wildman–Crippen MR) is 180 cm³/mol. The van der Waals surface area contributed by atoms with Crippen molar-refractivity contribution in [3.05, 3.63) is 166 Å². The number of nitrogens with one attached hydrogen (secondary N) is 1. The van der Waals surface area contributed by atoms with Crippen LogP contribution in [0.25, 0.3) is 11.1 Å². The third kappa shape index (κ3) is 6.13. The number of amides is 1. The molecule has 5 aromatic carbocycles. The zero-order valence-electron chi connectivity index (χ0n) is 25.1. The van der Waals surface area contributed by atoms with Crippen LogP contribution in [0.5, 0.6) is 0 Å². The maximum absolute atomic E-state index is 13.9. The van der Waals surface area contributed by atoms with Gasteiger partial charge >= 0.3 is 12.1 Å². The molecular formula is C40H32ClNO4. The molecule has 0 bridgehead atoms. The Morgan fingerprint density at radius 3 is 1.85 bits per heavy atom. The molecule has 1 unspecified atom stereocenters. The minimum atomic E-state index is -1.36. The fourth-order valence-corrected chi connectivity index (χ4v) is 6.55. The summed E-state index contributed by atoms with van der Waals surface area (Å²) in [6.45, 7) is 0.144. The summed E-state index contributed by atoms with van der Waals surface area (Å²) in [5.74, 6) is 1.91. The molecule has 0 radical (unpaired) electrons. The van der Waals surface area contributed by atoms with Crippen LogP contribution in [0.15, 0.2) is 133 Å². The van der Waals surface area contributed by atoms with E-state index in [1.165, 1.54) is 0 Å². The summed E-state index contributed by atoms with van der Waals surface area (Å²) in [6, 6.07) is 41.8. The molecule has 0 aromatic heterocycles. The normalized spacial score (nSPS) is 12.7. The molecular weight excluding hydrogens is 594 g/mol. The number of terminal acetylenes is 1. The summed E-state index contributed by atoms with van der Waals surface area (Å²) >= 11 is 6.78. The van der Waals surface area contributed by atoms with E-state index < -0.39 is 23.7 Å². The molecule has 1 aliphatic rings. The van der Waals surface area contributed by atoms with Gasteiger partial charge in [-0.1, -0.05) is 139 Å². The number of carbonyl (C=O) groups is 2. The van der Waals surface area contributed by atoms with Gasteiger partial charge in [0.25, 0.3) is 0 Å². The van der Waals surface area contributed by atoms with E-state index in [2.05, 4.69) is 35.5 Å². The zero-order valence-corrected chi connectivity index (χ0v) is 25.8. The lowest BCUT2D eigenvalue weighted by molar-refractivity contribution is -0.154. The van der Waals surface area contributed by atoms with Crippen molar-refractivity contribution in [2.45, 2.75) is 30.4 Å². The van der Waals surface area contributed by atoms with E-state index in [0.717, 1.165) is 33.4 Å². The first-order valence-corrected chi connectivity index (χ1v) is 15.5. The van der Waals surface area contributed by atoms with Crippen molar-refractivity contribution in [3.63, 3.8) is 0 Å². The third-order valence-electron chi connectivity index (χ3n) is 8.32. The van der Waals surface area contributed by atoms with Crippen LogP contribution in [-0.2, 0) is 19.9 Å². The van der Waals surface area contributed by atoms with Crippen LogP contribution in [0.2, 0.25) is 5.02 Å². The van der Waals surface area contributed by atoms with Gasteiger partial charge in [0.1, 0.15) is 6.61 Å². The van der Waals surface area contributed by atoms with Crippen LogP contribution < -0.4 is 5.32 Å². The monoisotopic (exact) mass is 625 g/mol. The van der Waals surface area contributed by atoms with Gasteiger partial charge in [0.15, 0.2) is 5.60 Å². The SMILES string of the molecule is C#CCC(CC(=O)OC(c1ccccc1)(c1ccccc1)c1ccccc1Cl)NC(=O)OCC1c2ccccc2-c2ccccc21. The van der Waals surface area contributed by atoms with Gasteiger partial charge in [-0.25, -0.2) is 4.79 Å². The standard InChI is InChI=1S/C40H32ClNO4/c1-2-15-30(42-39(44)45-27-35-33-22-11-9-20-31(33)32-21-10-12-23-34(32)35)26-38(43)46-40(28-16-5-3-6-17-28,29-18-7-4-8-19-29)36-24-13-14-25-37(36)41/h1,3-14,16-25,30,35H,15,26-27H2,(H,42,44). The highest BCUT2D eigenvalue weighted by molar-refractivity contribution is 6.31. The van der Waals surface area contributed by atoms with Crippen LogP contribution in [0.4, 0.5) is 4.79 Å². The molecule has 1 N–H and O–H groups in total. The highest BCUT2D eigenvalue weighted by Gasteiger charge is 2.42. The van der Waals surface area contributed by atoms with Gasteiger partial charge in [-0.15, -0.1) is 12.3 Å². The number of carbonyl (C=O) groups excluding carboxylic acids is 2. The van der Waals surface area contributed by atoms with Crippen molar-refractivity contribution in [2.75, 3.05) is 6.61 Å². The van der Waals surface area contributed by atoms with E-state index in [-0.39, 0.29) is 25.4 Å². The fourth-order valence-electron chi connectivity index (χ4n) is 6.28. The Morgan fingerprint density at radius 2 is 1.28 bits per heavy atom. The number of hydrogen-bond acceptors (Lipinski definition) is 4. The van der Waals surface area contributed by atoms with Crippen LogP contribution >= 0.6 is 11.6 Å². The Labute approximate surface area is 274 Å². The molecule has 1 amide bonds. The molecule has 1 aliphatic carbocycles. The van der Waals surface area contributed by atoms with E-state index in [1.807, 2.05) is 103 Å². The largest absolute Gasteiger partial charge is 0.449 e. The Balaban J connectivity index is 1.22. The van der Waals surface area contributed by atoms with Gasteiger partial charge in [0, 0.05) is 34.1 Å². The van der Waals surface area contributed by atoms with Gasteiger partial charge in [0.2, 0.25) is 0 Å². The summed E-state index contributed by atoms with van der Waals surface area (Å²) in [5.41, 5.74) is 5.19. The van der Waals surface area contributed by atoms with Crippen molar-refractivity contribution in [2.24, 2.45) is 0 Å². The quantitative estimate of drug-likeness (QED) is 0.0960. The summed E-state index contributed by atoms with van der Waals surface area (Å²) in [5, 5.41) is 3.25. The predicted octanol–water partition coefficient (Wildman–Crippen LogP) is 8.50. The molecule has 46 heavy (non-hydrogen) atoms. The lowest BCUT2D eigenvalue weighted by Gasteiger charge is -2.36. The molecule has 5 nitrogen and oxygen atoms in total. The lowest BCUT2D eigenvalue weighted by atomic mass is 9.80. The smallest absolute Gasteiger partial charge is 0.407 e. The van der Waals surface area contributed by atoms with Crippen molar-refractivity contribution in [3.8, 4) is 23.5 Å². The maximum Gasteiger partial charge on any atom is 0.407 e. The molecule has 228 valence electrons. The number of fused-ring (bicyclic) bond motifs is 3. The Morgan fingerprint density at radius 1 is 0.761 bits per heavy atom. The maximum atomic E-state index is 13.9. The summed E-state index contributed by atoms with van der Waals surface area (Å²) < 4.78 is 12.2. The summed E-state index contributed by atoms with van der Waals surface area (Å²) in [4.78, 5) is 27.0. The second-order valence-electron chi connectivity index (χ2n) is 11.1. The van der Waals surface area contributed by atoms with Crippen molar-refractivity contribution >= 4 is 23.7 Å². The van der Waals surface area contributed by atoms with Gasteiger partial charge < -0.3 is 14.8 Å². The highest BCUT2D eigenvalue weighted by Crippen LogP contribution is 2.45. The number of halogens is 1. The van der Waals surface area contributed by atoms with Crippen LogP contribution in [0, 0.1) is 12.3 Å². The van der Waals surface area contributed by atoms with E-state index in [1.54, 1.807) is 6.07 Å². The summed E-state index contributed by atoms with van der Waals surface area (Å²) in [6.07, 6.45) is 4.94. The number of alkyl carbamates (subject to hydrolysis) is 1. The molecule has 0 heterocycles. The number of benzene rings is 5. The average Bonchev–Trinajstić information content (AvgIpc) is 3.41. The third-order valence-corrected chi connectivity index (χ3v) is 8.65. The van der Waals surface area contributed by atoms with Gasteiger partial charge in [0.05, 0.1) is 12.5 Å². The van der Waals surface area contributed by atoms with E-state index in [9.17, 15) is 9.59 Å². The van der Waals surface area contributed by atoms with Crippen LogP contribution in [-0.4, -0.2) is 24.7 Å². The van der Waals surface area contributed by atoms with E-state index in [4.69, 9.17) is 27.5 Å². The summed E-state index contributed by atoms with van der Waals surface area (Å²) in [7, 11) is 0. The first-order valence-electron chi connectivity index (χ1n) is 15.1. The van der Waals surface area contributed by atoms with Crippen molar-refractivity contribution in [1.82, 2.24) is 5.32 Å². The Hall–Kier alpha value is -5.31. The second-order valence-corrected chi connectivity index (χ2v) is 11.6. The molecule has 0 fully saturated rings. The first-order chi connectivity index (χ1) is 22.5. The van der Waals surface area contributed by atoms with Crippen LogP contribution in [0.1, 0.15) is 46.6 Å².